The molecule has 0 amide bonds. The first kappa shape index (κ1) is 14.6. The van der Waals surface area contributed by atoms with Crippen LogP contribution in [0.4, 0.5) is 0 Å². The van der Waals surface area contributed by atoms with Crippen molar-refractivity contribution in [3.63, 3.8) is 0 Å². The van der Waals surface area contributed by atoms with Crippen molar-refractivity contribution < 1.29 is 0 Å². The van der Waals surface area contributed by atoms with Crippen molar-refractivity contribution in [2.75, 3.05) is 0 Å². The highest BCUT2D eigenvalue weighted by molar-refractivity contribution is 7.71. The lowest BCUT2D eigenvalue weighted by molar-refractivity contribution is 0.455. The number of rotatable bonds is 3. The summed E-state index contributed by atoms with van der Waals surface area (Å²) in [5.74, 6) is 0.541. The molecule has 0 bridgehead atoms. The number of hydrogen-bond donors (Lipinski definition) is 1. The summed E-state index contributed by atoms with van der Waals surface area (Å²) < 4.78 is 2.53. The smallest absolute Gasteiger partial charge is 0.209 e. The van der Waals surface area contributed by atoms with E-state index < -0.39 is 0 Å². The first-order chi connectivity index (χ1) is 10.5. The van der Waals surface area contributed by atoms with E-state index in [2.05, 4.69) is 52.6 Å². The van der Waals surface area contributed by atoms with E-state index in [9.17, 15) is 0 Å². The van der Waals surface area contributed by atoms with Gasteiger partial charge in [-0.3, -0.25) is 5.10 Å². The van der Waals surface area contributed by atoms with Crippen molar-refractivity contribution in [3.8, 4) is 17.1 Å². The van der Waals surface area contributed by atoms with Gasteiger partial charge in [-0.15, -0.1) is 10.2 Å². The Hall–Kier alpha value is -2.28. The normalized spacial score (nSPS) is 11.3. The molecule has 0 fully saturated rings. The fourth-order valence-electron chi connectivity index (χ4n) is 2.22. The van der Waals surface area contributed by atoms with Crippen molar-refractivity contribution in [2.24, 2.45) is 0 Å². The summed E-state index contributed by atoms with van der Waals surface area (Å²) in [5, 5.41) is 15.7. The molecule has 3 aromatic rings. The quantitative estimate of drug-likeness (QED) is 0.753. The third-order valence-corrected chi connectivity index (χ3v) is 3.91. The molecule has 22 heavy (non-hydrogen) atoms. The number of aryl methyl sites for hydroxylation is 2. The number of hydrogen-bond acceptors (Lipinski definition) is 4. The van der Waals surface area contributed by atoms with E-state index in [4.69, 9.17) is 12.2 Å². The molecular weight excluding hydrogens is 296 g/mol. The van der Waals surface area contributed by atoms with Crippen LogP contribution in [0.1, 0.15) is 31.0 Å². The molecule has 0 unspecified atom stereocenters. The molecule has 0 saturated carbocycles. The van der Waals surface area contributed by atoms with Gasteiger partial charge in [0.2, 0.25) is 5.82 Å². The summed E-state index contributed by atoms with van der Waals surface area (Å²) in [4.78, 5) is 1.58. The number of benzene rings is 1. The Morgan fingerprint density at radius 1 is 1.23 bits per heavy atom. The van der Waals surface area contributed by atoms with E-state index in [1.54, 1.807) is 4.80 Å². The van der Waals surface area contributed by atoms with Crippen LogP contribution in [0.3, 0.4) is 0 Å². The zero-order chi connectivity index (χ0) is 15.9. The second-order valence-electron chi connectivity index (χ2n) is 5.64. The average molecular weight is 314 g/mol. The molecule has 114 valence electrons. The predicted molar refractivity (Wildman–Crippen MR) is 87.6 cm³/mol. The summed E-state index contributed by atoms with van der Waals surface area (Å²) >= 11 is 5.58. The van der Waals surface area contributed by atoms with Gasteiger partial charge in [-0.2, -0.15) is 4.80 Å². The molecular formula is C15H18N6S. The van der Waals surface area contributed by atoms with Crippen LogP contribution in [0.15, 0.2) is 24.4 Å². The maximum absolute atomic E-state index is 5.58. The molecule has 2 heterocycles. The third kappa shape index (κ3) is 2.48. The van der Waals surface area contributed by atoms with E-state index in [1.165, 1.54) is 5.56 Å². The highest BCUT2D eigenvalue weighted by Crippen LogP contribution is 2.21. The molecule has 0 aliphatic heterocycles. The average Bonchev–Trinajstić information content (AvgIpc) is 3.08. The Morgan fingerprint density at radius 2 is 2.00 bits per heavy atom. The molecule has 0 atom stereocenters. The Kier molecular flexibility index (Phi) is 3.66. The number of aromatic nitrogens is 6. The fraction of sp³-hybridized carbons (Fsp3) is 0.333. The highest BCUT2D eigenvalue weighted by Gasteiger charge is 2.14. The van der Waals surface area contributed by atoms with E-state index >= 15 is 0 Å². The van der Waals surface area contributed by atoms with Gasteiger partial charge in [-0.25, -0.2) is 4.68 Å². The zero-order valence-electron chi connectivity index (χ0n) is 13.0. The second kappa shape index (κ2) is 5.49. The molecule has 0 aliphatic carbocycles. The molecule has 7 heteroatoms. The van der Waals surface area contributed by atoms with Gasteiger partial charge in [-0.05, 0) is 50.1 Å². The van der Waals surface area contributed by atoms with Crippen LogP contribution in [-0.4, -0.2) is 30.0 Å². The summed E-state index contributed by atoms with van der Waals surface area (Å²) in [6.07, 6.45) is 1.83. The largest absolute Gasteiger partial charge is 0.299 e. The number of nitrogens with zero attached hydrogens (tertiary/aromatic N) is 5. The van der Waals surface area contributed by atoms with Crippen molar-refractivity contribution >= 4 is 12.2 Å². The fourth-order valence-corrected chi connectivity index (χ4v) is 2.52. The van der Waals surface area contributed by atoms with Crippen molar-refractivity contribution in [1.29, 1.82) is 0 Å². The van der Waals surface area contributed by atoms with Crippen molar-refractivity contribution in [1.82, 2.24) is 30.0 Å². The minimum atomic E-state index is 0.167. The van der Waals surface area contributed by atoms with Crippen molar-refractivity contribution in [3.05, 3.63) is 40.2 Å². The summed E-state index contributed by atoms with van der Waals surface area (Å²) in [5.41, 5.74) is 4.15. The summed E-state index contributed by atoms with van der Waals surface area (Å²) in [6, 6.07) is 6.44. The lowest BCUT2D eigenvalue weighted by Gasteiger charge is -2.07. The number of aromatic amines is 1. The summed E-state index contributed by atoms with van der Waals surface area (Å²) in [6.45, 7) is 8.14. The van der Waals surface area contributed by atoms with Crippen LogP contribution in [0, 0.1) is 18.5 Å². The van der Waals surface area contributed by atoms with Crippen LogP contribution in [0.25, 0.3) is 17.1 Å². The Labute approximate surface area is 133 Å². The lowest BCUT2D eigenvalue weighted by atomic mass is 10.1. The lowest BCUT2D eigenvalue weighted by Crippen LogP contribution is -2.04. The van der Waals surface area contributed by atoms with E-state index in [0.29, 0.717) is 10.5 Å². The molecule has 0 saturated heterocycles. The van der Waals surface area contributed by atoms with Gasteiger partial charge < -0.3 is 0 Å². The molecule has 1 N–H and O–H groups in total. The first-order valence-electron chi connectivity index (χ1n) is 7.15. The van der Waals surface area contributed by atoms with Gasteiger partial charge in [0.15, 0.2) is 0 Å². The topological polar surface area (TPSA) is 64.3 Å². The Balaban J connectivity index is 2.09. The minimum Gasteiger partial charge on any atom is -0.299 e. The first-order valence-corrected chi connectivity index (χ1v) is 7.56. The Bertz CT molecular complexity index is 870. The number of tetrazole rings is 1. The van der Waals surface area contributed by atoms with Crippen LogP contribution in [0.5, 0.6) is 0 Å². The van der Waals surface area contributed by atoms with E-state index in [1.807, 2.05) is 24.7 Å². The molecule has 0 aliphatic rings. The minimum absolute atomic E-state index is 0.167. The SMILES string of the molecule is Cc1ccc(C)c(-n2[nH]cc(-c3nnn(C(C)C)n3)c2=S)c1. The third-order valence-electron chi connectivity index (χ3n) is 3.51. The van der Waals surface area contributed by atoms with Crippen LogP contribution < -0.4 is 0 Å². The van der Waals surface area contributed by atoms with Gasteiger partial charge >= 0.3 is 0 Å². The van der Waals surface area contributed by atoms with Crippen molar-refractivity contribution in [2.45, 2.75) is 33.7 Å². The molecule has 0 radical (unpaired) electrons. The van der Waals surface area contributed by atoms with Gasteiger partial charge in [0.1, 0.15) is 4.64 Å². The van der Waals surface area contributed by atoms with Gasteiger partial charge in [-0.1, -0.05) is 24.4 Å². The standard InChI is InChI=1S/C15H18N6S/c1-9(2)21-18-14(17-19-21)12-8-16-20(15(12)22)13-7-10(3)5-6-11(13)4/h5-9,16H,1-4H3. The highest BCUT2D eigenvalue weighted by atomic mass is 32.1. The maximum atomic E-state index is 5.58. The monoisotopic (exact) mass is 314 g/mol. The molecule has 2 aromatic heterocycles. The van der Waals surface area contributed by atoms with Gasteiger partial charge in [0.25, 0.3) is 0 Å². The van der Waals surface area contributed by atoms with E-state index in [0.717, 1.165) is 16.8 Å². The van der Waals surface area contributed by atoms with E-state index in [-0.39, 0.29) is 6.04 Å². The maximum Gasteiger partial charge on any atom is 0.209 e. The zero-order valence-corrected chi connectivity index (χ0v) is 13.8. The molecule has 1 aromatic carbocycles. The Morgan fingerprint density at radius 3 is 2.68 bits per heavy atom. The summed E-state index contributed by atoms with van der Waals surface area (Å²) in [7, 11) is 0. The molecule has 6 nitrogen and oxygen atoms in total. The van der Waals surface area contributed by atoms with Crippen LogP contribution >= 0.6 is 12.2 Å². The van der Waals surface area contributed by atoms with Crippen LogP contribution in [0.2, 0.25) is 0 Å². The number of H-pyrrole nitrogens is 1. The number of nitrogens with one attached hydrogen (secondary N) is 1. The van der Waals surface area contributed by atoms with Crippen LogP contribution in [-0.2, 0) is 0 Å². The van der Waals surface area contributed by atoms with Gasteiger partial charge in [0, 0.05) is 6.20 Å². The second-order valence-corrected chi connectivity index (χ2v) is 6.03. The van der Waals surface area contributed by atoms with Gasteiger partial charge in [0.05, 0.1) is 17.3 Å². The molecule has 0 spiro atoms. The molecule has 3 rings (SSSR count). The predicted octanol–water partition coefficient (Wildman–Crippen LogP) is 3.39.